The third-order valence-electron chi connectivity index (χ3n) is 2.32. The number of allylic oxidation sites excluding steroid dienone is 2. The fraction of sp³-hybridized carbons (Fsp3) is 0.308. The van der Waals surface area contributed by atoms with Crippen LogP contribution in [0.3, 0.4) is 0 Å². The molecule has 1 aromatic rings. The Morgan fingerprint density at radius 1 is 1.28 bits per heavy atom. The second-order valence-corrected chi connectivity index (χ2v) is 5.35. The third kappa shape index (κ3) is 2.90. The molecule has 0 aliphatic rings. The molecule has 0 unspecified atom stereocenters. The minimum atomic E-state index is -3.79. The Balaban J connectivity index is 3.38. The van der Waals surface area contributed by atoms with Crippen LogP contribution >= 0.6 is 0 Å². The summed E-state index contributed by atoms with van der Waals surface area (Å²) in [7, 11) is -3.79. The van der Waals surface area contributed by atoms with Crippen LogP contribution in [-0.4, -0.2) is 15.0 Å². The van der Waals surface area contributed by atoms with Crippen molar-refractivity contribution in [3.05, 3.63) is 41.0 Å². The van der Waals surface area contributed by atoms with Crippen molar-refractivity contribution >= 4 is 9.84 Å². The van der Waals surface area contributed by atoms with Crippen LogP contribution in [0.2, 0.25) is 0 Å². The molecule has 0 bridgehead atoms. The molecule has 96 valence electrons. The molecule has 0 heterocycles. The van der Waals surface area contributed by atoms with E-state index in [0.29, 0.717) is 13.0 Å². The Kier molecular flexibility index (Phi) is 4.93. The molecule has 0 N–H and O–H groups in total. The summed E-state index contributed by atoms with van der Waals surface area (Å²) in [4.78, 5) is -0.203. The van der Waals surface area contributed by atoms with Crippen molar-refractivity contribution in [3.63, 3.8) is 0 Å². The van der Waals surface area contributed by atoms with Crippen molar-refractivity contribution in [3.8, 4) is 6.07 Å². The standard InChI is InChI=1S/C13H15NO3S/c1-3-12(17-4-2)13(10-14)18(15,16)11-8-6-5-7-9-11/h5-9H,3-4H2,1-2H3/b13-12-. The largest absolute Gasteiger partial charge is 0.496 e. The van der Waals surface area contributed by atoms with Crippen LogP contribution in [0.1, 0.15) is 20.3 Å². The van der Waals surface area contributed by atoms with Crippen molar-refractivity contribution in [2.75, 3.05) is 6.61 Å². The van der Waals surface area contributed by atoms with Crippen molar-refractivity contribution in [2.24, 2.45) is 0 Å². The molecule has 0 aromatic heterocycles. The first-order valence-electron chi connectivity index (χ1n) is 5.64. The number of benzene rings is 1. The Labute approximate surface area is 107 Å². The van der Waals surface area contributed by atoms with Crippen molar-refractivity contribution in [1.82, 2.24) is 0 Å². The maximum absolute atomic E-state index is 12.3. The minimum Gasteiger partial charge on any atom is -0.496 e. The van der Waals surface area contributed by atoms with Crippen LogP contribution in [0.15, 0.2) is 45.9 Å². The lowest BCUT2D eigenvalue weighted by Gasteiger charge is -2.10. The smallest absolute Gasteiger partial charge is 0.219 e. The number of hydrogen-bond acceptors (Lipinski definition) is 4. The van der Waals surface area contributed by atoms with E-state index >= 15 is 0 Å². The van der Waals surface area contributed by atoms with Gasteiger partial charge in [-0.2, -0.15) is 5.26 Å². The van der Waals surface area contributed by atoms with Crippen LogP contribution in [0.25, 0.3) is 0 Å². The molecule has 0 aliphatic carbocycles. The average Bonchev–Trinajstić information content (AvgIpc) is 2.39. The van der Waals surface area contributed by atoms with Gasteiger partial charge >= 0.3 is 0 Å². The summed E-state index contributed by atoms with van der Waals surface area (Å²) >= 11 is 0. The van der Waals surface area contributed by atoms with Gasteiger partial charge in [0.1, 0.15) is 11.8 Å². The zero-order chi connectivity index (χ0) is 13.6. The summed E-state index contributed by atoms with van der Waals surface area (Å²) in [6.45, 7) is 3.83. The molecule has 0 saturated carbocycles. The Morgan fingerprint density at radius 2 is 1.89 bits per heavy atom. The van der Waals surface area contributed by atoms with Gasteiger partial charge in [-0.3, -0.25) is 0 Å². The van der Waals surface area contributed by atoms with Gasteiger partial charge in [-0.25, -0.2) is 8.42 Å². The van der Waals surface area contributed by atoms with E-state index in [0.717, 1.165) is 0 Å². The molecule has 0 spiro atoms. The van der Waals surface area contributed by atoms with Gasteiger partial charge in [0, 0.05) is 6.42 Å². The Hall–Kier alpha value is -1.80. The fourth-order valence-electron chi connectivity index (χ4n) is 1.49. The zero-order valence-corrected chi connectivity index (χ0v) is 11.2. The quantitative estimate of drug-likeness (QED) is 0.606. The topological polar surface area (TPSA) is 67.2 Å². The first kappa shape index (κ1) is 14.3. The molecular formula is C13H15NO3S. The molecule has 0 atom stereocenters. The Bertz CT molecular complexity index is 568. The van der Waals surface area contributed by atoms with E-state index in [1.165, 1.54) is 12.1 Å². The first-order valence-corrected chi connectivity index (χ1v) is 7.12. The summed E-state index contributed by atoms with van der Waals surface area (Å²) in [5.74, 6) is 0.212. The summed E-state index contributed by atoms with van der Waals surface area (Å²) in [5.41, 5.74) is 0. The van der Waals surface area contributed by atoms with E-state index in [2.05, 4.69) is 0 Å². The summed E-state index contributed by atoms with van der Waals surface area (Å²) in [5, 5.41) is 9.08. The van der Waals surface area contributed by atoms with E-state index in [9.17, 15) is 8.42 Å². The van der Waals surface area contributed by atoms with E-state index in [-0.39, 0.29) is 15.6 Å². The predicted molar refractivity (Wildman–Crippen MR) is 68.2 cm³/mol. The molecular weight excluding hydrogens is 250 g/mol. The summed E-state index contributed by atoms with van der Waals surface area (Å²) in [6, 6.07) is 9.63. The molecule has 1 rings (SSSR count). The molecule has 0 fully saturated rings. The zero-order valence-electron chi connectivity index (χ0n) is 10.4. The monoisotopic (exact) mass is 265 g/mol. The molecule has 0 amide bonds. The number of nitrogens with zero attached hydrogens (tertiary/aromatic N) is 1. The van der Waals surface area contributed by atoms with Gasteiger partial charge in [0.2, 0.25) is 9.84 Å². The minimum absolute atomic E-state index is 0.104. The van der Waals surface area contributed by atoms with Gasteiger partial charge < -0.3 is 4.74 Å². The highest BCUT2D eigenvalue weighted by atomic mass is 32.2. The lowest BCUT2D eigenvalue weighted by atomic mass is 10.3. The van der Waals surface area contributed by atoms with Crippen molar-refractivity contribution < 1.29 is 13.2 Å². The Morgan fingerprint density at radius 3 is 2.33 bits per heavy atom. The van der Waals surface area contributed by atoms with Gasteiger partial charge in [-0.05, 0) is 19.1 Å². The van der Waals surface area contributed by atoms with Gasteiger partial charge in [-0.1, -0.05) is 25.1 Å². The molecule has 0 radical (unpaired) electrons. The lowest BCUT2D eigenvalue weighted by molar-refractivity contribution is 0.220. The van der Waals surface area contributed by atoms with E-state index in [1.54, 1.807) is 38.1 Å². The van der Waals surface area contributed by atoms with Gasteiger partial charge in [0.15, 0.2) is 4.91 Å². The van der Waals surface area contributed by atoms with E-state index in [4.69, 9.17) is 10.00 Å². The number of sulfone groups is 1. The number of nitriles is 1. The predicted octanol–water partition coefficient (Wildman–Crippen LogP) is 2.64. The second kappa shape index (κ2) is 6.22. The number of hydrogen-bond donors (Lipinski definition) is 0. The highest BCUT2D eigenvalue weighted by molar-refractivity contribution is 7.95. The normalized spacial score (nSPS) is 12.5. The van der Waals surface area contributed by atoms with Crippen LogP contribution in [0, 0.1) is 11.3 Å². The molecule has 18 heavy (non-hydrogen) atoms. The summed E-state index contributed by atoms with van der Waals surface area (Å²) in [6.07, 6.45) is 0.364. The second-order valence-electron chi connectivity index (χ2n) is 3.47. The van der Waals surface area contributed by atoms with Crippen LogP contribution in [-0.2, 0) is 14.6 Å². The van der Waals surface area contributed by atoms with Gasteiger partial charge in [0.05, 0.1) is 11.5 Å². The average molecular weight is 265 g/mol. The van der Waals surface area contributed by atoms with Crippen molar-refractivity contribution in [1.29, 1.82) is 5.26 Å². The number of rotatable bonds is 5. The first-order chi connectivity index (χ1) is 8.57. The van der Waals surface area contributed by atoms with Crippen LogP contribution < -0.4 is 0 Å². The van der Waals surface area contributed by atoms with Crippen LogP contribution in [0.5, 0.6) is 0 Å². The summed E-state index contributed by atoms with van der Waals surface area (Å²) < 4.78 is 29.8. The van der Waals surface area contributed by atoms with Crippen molar-refractivity contribution in [2.45, 2.75) is 25.2 Å². The van der Waals surface area contributed by atoms with E-state index in [1.807, 2.05) is 0 Å². The van der Waals surface area contributed by atoms with Crippen LogP contribution in [0.4, 0.5) is 0 Å². The molecule has 0 aliphatic heterocycles. The fourth-order valence-corrected chi connectivity index (χ4v) is 2.87. The highest BCUT2D eigenvalue weighted by Gasteiger charge is 2.24. The maximum atomic E-state index is 12.3. The van der Waals surface area contributed by atoms with E-state index < -0.39 is 9.84 Å². The number of ether oxygens (including phenoxy) is 1. The lowest BCUT2D eigenvalue weighted by Crippen LogP contribution is -2.08. The third-order valence-corrected chi connectivity index (χ3v) is 4.07. The highest BCUT2D eigenvalue weighted by Crippen LogP contribution is 2.23. The SMILES string of the molecule is CCO/C(CC)=C(/C#N)S(=O)(=O)c1ccccc1. The molecule has 4 nitrogen and oxygen atoms in total. The maximum Gasteiger partial charge on any atom is 0.219 e. The molecule has 5 heteroatoms. The van der Waals surface area contributed by atoms with Gasteiger partial charge in [-0.15, -0.1) is 0 Å². The molecule has 0 saturated heterocycles. The van der Waals surface area contributed by atoms with Gasteiger partial charge in [0.25, 0.3) is 0 Å². The molecule has 1 aromatic carbocycles.